The van der Waals surface area contributed by atoms with Crippen LogP contribution in [0.3, 0.4) is 0 Å². The average molecular weight is 525 g/mol. The first kappa shape index (κ1) is 25.5. The summed E-state index contributed by atoms with van der Waals surface area (Å²) in [6, 6.07) is 7.50. The van der Waals surface area contributed by atoms with Crippen molar-refractivity contribution < 1.29 is 9.47 Å². The lowest BCUT2D eigenvalue weighted by Crippen LogP contribution is -2.34. The van der Waals surface area contributed by atoms with E-state index in [0.29, 0.717) is 59.9 Å². The SMILES string of the molecule is C=C1COc2cc(Cl)c(CNC3C4CN(CCn5c(=O)ccc6ncc(OC)cc65)CC43)nc2N1.CC. The molecule has 3 aliphatic rings. The number of nitrogens with one attached hydrogen (secondary N) is 2. The summed E-state index contributed by atoms with van der Waals surface area (Å²) in [5.74, 6) is 3.19. The van der Waals surface area contributed by atoms with Gasteiger partial charge in [-0.15, -0.1) is 0 Å². The third-order valence-electron chi connectivity index (χ3n) is 7.17. The Kier molecular flexibility index (Phi) is 7.37. The number of rotatable bonds is 7. The smallest absolute Gasteiger partial charge is 0.251 e. The molecule has 2 atom stereocenters. The molecule has 37 heavy (non-hydrogen) atoms. The minimum Gasteiger partial charge on any atom is -0.495 e. The maximum atomic E-state index is 12.5. The summed E-state index contributed by atoms with van der Waals surface area (Å²) in [7, 11) is 1.60. The number of piperidine rings is 1. The van der Waals surface area contributed by atoms with Crippen molar-refractivity contribution in [1.29, 1.82) is 0 Å². The highest BCUT2D eigenvalue weighted by Crippen LogP contribution is 2.45. The van der Waals surface area contributed by atoms with Crippen LogP contribution < -0.4 is 25.7 Å². The molecule has 1 saturated heterocycles. The fraction of sp³-hybridized carbons (Fsp3) is 0.444. The molecule has 1 saturated carbocycles. The van der Waals surface area contributed by atoms with Gasteiger partial charge in [0.2, 0.25) is 0 Å². The molecule has 0 radical (unpaired) electrons. The van der Waals surface area contributed by atoms with Crippen molar-refractivity contribution in [2.45, 2.75) is 33.0 Å². The Balaban J connectivity index is 0.00000137. The van der Waals surface area contributed by atoms with Crippen LogP contribution >= 0.6 is 11.6 Å². The van der Waals surface area contributed by atoms with Gasteiger partial charge in [0.05, 0.1) is 35.1 Å². The fourth-order valence-corrected chi connectivity index (χ4v) is 5.46. The third-order valence-corrected chi connectivity index (χ3v) is 7.50. The molecule has 2 unspecified atom stereocenters. The number of aromatic nitrogens is 3. The first-order valence-electron chi connectivity index (χ1n) is 12.8. The number of hydrogen-bond donors (Lipinski definition) is 2. The summed E-state index contributed by atoms with van der Waals surface area (Å²) in [6.45, 7) is 12.4. The monoisotopic (exact) mass is 524 g/mol. The molecule has 10 heteroatoms. The lowest BCUT2D eigenvalue weighted by atomic mass is 10.2. The van der Waals surface area contributed by atoms with Crippen LogP contribution in [0.2, 0.25) is 5.02 Å². The maximum absolute atomic E-state index is 12.5. The zero-order valence-corrected chi connectivity index (χ0v) is 22.2. The Labute approximate surface area is 221 Å². The number of methoxy groups -OCH3 is 1. The van der Waals surface area contributed by atoms with E-state index in [2.05, 4.69) is 32.1 Å². The van der Waals surface area contributed by atoms with Gasteiger partial charge in [-0.2, -0.15) is 0 Å². The van der Waals surface area contributed by atoms with Gasteiger partial charge in [-0.05, 0) is 17.9 Å². The molecule has 196 valence electrons. The second-order valence-electron chi connectivity index (χ2n) is 9.38. The topological polar surface area (TPSA) is 93.5 Å². The predicted octanol–water partition coefficient (Wildman–Crippen LogP) is 3.52. The van der Waals surface area contributed by atoms with Gasteiger partial charge in [-0.25, -0.2) is 4.98 Å². The van der Waals surface area contributed by atoms with E-state index in [0.717, 1.165) is 42.1 Å². The summed E-state index contributed by atoms with van der Waals surface area (Å²) in [5, 5.41) is 7.40. The van der Waals surface area contributed by atoms with Crippen LogP contribution in [0.5, 0.6) is 11.5 Å². The second kappa shape index (κ2) is 10.7. The molecule has 0 aromatic carbocycles. The minimum atomic E-state index is -0.0191. The van der Waals surface area contributed by atoms with Crippen LogP contribution in [0.4, 0.5) is 5.82 Å². The predicted molar refractivity (Wildman–Crippen MR) is 145 cm³/mol. The van der Waals surface area contributed by atoms with Crippen molar-refractivity contribution in [2.75, 3.05) is 38.7 Å². The minimum absolute atomic E-state index is 0.0191. The summed E-state index contributed by atoms with van der Waals surface area (Å²) >= 11 is 6.44. The van der Waals surface area contributed by atoms with Crippen molar-refractivity contribution in [1.82, 2.24) is 24.8 Å². The molecule has 5 heterocycles. The van der Waals surface area contributed by atoms with Crippen molar-refractivity contribution in [2.24, 2.45) is 11.8 Å². The number of likely N-dealkylation sites (tertiary alicyclic amines) is 1. The molecule has 3 aromatic rings. The molecule has 2 N–H and O–H groups in total. The molecule has 3 aromatic heterocycles. The highest BCUT2D eigenvalue weighted by molar-refractivity contribution is 6.31. The van der Waals surface area contributed by atoms with Crippen molar-refractivity contribution in [3.8, 4) is 11.5 Å². The Bertz CT molecular complexity index is 1360. The first-order valence-corrected chi connectivity index (χ1v) is 13.1. The molecular formula is C27H33ClN6O3. The number of fused-ring (bicyclic) bond motifs is 3. The van der Waals surface area contributed by atoms with Gasteiger partial charge in [0, 0.05) is 62.7 Å². The van der Waals surface area contributed by atoms with Crippen LogP contribution in [-0.2, 0) is 13.1 Å². The van der Waals surface area contributed by atoms with E-state index in [1.807, 2.05) is 26.0 Å². The summed E-state index contributed by atoms with van der Waals surface area (Å²) in [4.78, 5) is 24.0. The first-order chi connectivity index (χ1) is 18.0. The van der Waals surface area contributed by atoms with E-state index in [-0.39, 0.29) is 5.56 Å². The highest BCUT2D eigenvalue weighted by atomic mass is 35.5. The van der Waals surface area contributed by atoms with Crippen LogP contribution in [0, 0.1) is 11.8 Å². The molecule has 2 fully saturated rings. The average Bonchev–Trinajstić information content (AvgIpc) is 3.36. The lowest BCUT2D eigenvalue weighted by molar-refractivity contribution is 0.278. The van der Waals surface area contributed by atoms with Gasteiger partial charge in [-0.3, -0.25) is 9.78 Å². The van der Waals surface area contributed by atoms with Crippen LogP contribution in [0.15, 0.2) is 47.5 Å². The summed E-state index contributed by atoms with van der Waals surface area (Å²) in [5.41, 5.74) is 3.16. The normalized spacial score (nSPS) is 21.8. The van der Waals surface area contributed by atoms with E-state index in [9.17, 15) is 4.79 Å². The Morgan fingerprint density at radius 3 is 2.78 bits per heavy atom. The molecule has 0 bridgehead atoms. The molecule has 9 nitrogen and oxygen atoms in total. The van der Waals surface area contributed by atoms with Gasteiger partial charge >= 0.3 is 0 Å². The molecule has 2 aliphatic heterocycles. The van der Waals surface area contributed by atoms with Crippen molar-refractivity contribution >= 4 is 28.5 Å². The maximum Gasteiger partial charge on any atom is 0.251 e. The Hall–Kier alpha value is -3.14. The summed E-state index contributed by atoms with van der Waals surface area (Å²) < 4.78 is 12.7. The van der Waals surface area contributed by atoms with E-state index in [1.165, 1.54) is 0 Å². The van der Waals surface area contributed by atoms with E-state index >= 15 is 0 Å². The number of anilines is 1. The third kappa shape index (κ3) is 5.16. The number of halogens is 1. The molecule has 6 rings (SSSR count). The lowest BCUT2D eigenvalue weighted by Gasteiger charge is -2.22. The van der Waals surface area contributed by atoms with E-state index in [4.69, 9.17) is 21.1 Å². The number of hydrogen-bond acceptors (Lipinski definition) is 8. The van der Waals surface area contributed by atoms with Gasteiger partial charge in [0.15, 0.2) is 11.6 Å². The Morgan fingerprint density at radius 1 is 1.24 bits per heavy atom. The van der Waals surface area contributed by atoms with Gasteiger partial charge in [0.1, 0.15) is 12.4 Å². The van der Waals surface area contributed by atoms with Gasteiger partial charge in [0.25, 0.3) is 5.56 Å². The molecule has 0 amide bonds. The van der Waals surface area contributed by atoms with Crippen molar-refractivity contribution in [3.63, 3.8) is 0 Å². The van der Waals surface area contributed by atoms with Gasteiger partial charge < -0.3 is 29.6 Å². The standard InChI is InChI=1S/C25H27ClN6O3.C2H6/c1-14-13-35-22-8-18(26)20(30-25(22)29-14)10-28-24-16-11-31(12-17(16)24)5-6-32-21-7-15(34-2)9-27-19(21)3-4-23(32)33;1-2/h3-4,7-9,16-17,24,28H,1,5-6,10-13H2,2H3,(H,29,30);1-2H3. The van der Waals surface area contributed by atoms with Gasteiger partial charge in [-0.1, -0.05) is 32.0 Å². The zero-order valence-electron chi connectivity index (χ0n) is 21.5. The second-order valence-corrected chi connectivity index (χ2v) is 9.78. The number of ether oxygens (including phenoxy) is 2. The molecular weight excluding hydrogens is 492 g/mol. The fourth-order valence-electron chi connectivity index (χ4n) is 5.25. The summed E-state index contributed by atoms with van der Waals surface area (Å²) in [6.07, 6.45) is 1.67. The zero-order chi connectivity index (χ0) is 26.1. The van der Waals surface area contributed by atoms with Crippen LogP contribution in [-0.4, -0.2) is 58.8 Å². The van der Waals surface area contributed by atoms with Crippen molar-refractivity contribution in [3.05, 3.63) is 63.8 Å². The Morgan fingerprint density at radius 2 is 2.03 bits per heavy atom. The van der Waals surface area contributed by atoms with E-state index in [1.54, 1.807) is 30.0 Å². The largest absolute Gasteiger partial charge is 0.495 e. The number of nitrogens with zero attached hydrogens (tertiary/aromatic N) is 4. The number of pyridine rings is 3. The molecule has 1 aliphatic carbocycles. The van der Waals surface area contributed by atoms with Crippen LogP contribution in [0.25, 0.3) is 11.0 Å². The van der Waals surface area contributed by atoms with Crippen LogP contribution in [0.1, 0.15) is 19.5 Å². The highest BCUT2D eigenvalue weighted by Gasteiger charge is 2.55. The molecule has 0 spiro atoms. The van der Waals surface area contributed by atoms with E-state index < -0.39 is 0 Å². The quantitative estimate of drug-likeness (QED) is 0.485.